The predicted octanol–water partition coefficient (Wildman–Crippen LogP) is 2.76. The first-order valence-corrected chi connectivity index (χ1v) is 6.85. The number of alkyl halides is 1. The number of rotatable bonds is 2. The molecule has 1 saturated heterocycles. The van der Waals surface area contributed by atoms with Gasteiger partial charge in [0.2, 0.25) is 0 Å². The highest BCUT2D eigenvalue weighted by atomic mass is 35.5. The van der Waals surface area contributed by atoms with Crippen LogP contribution < -0.4 is 4.90 Å². The van der Waals surface area contributed by atoms with E-state index in [0.29, 0.717) is 11.9 Å². The fourth-order valence-corrected chi connectivity index (χ4v) is 2.99. The van der Waals surface area contributed by atoms with Crippen molar-refractivity contribution in [2.45, 2.75) is 18.8 Å². The van der Waals surface area contributed by atoms with Crippen molar-refractivity contribution in [3.63, 3.8) is 0 Å². The Morgan fingerprint density at radius 2 is 2.53 bits per heavy atom. The molecular formula is C11H15ClN2S. The van der Waals surface area contributed by atoms with E-state index in [1.54, 1.807) is 0 Å². The van der Waals surface area contributed by atoms with Gasteiger partial charge in [0, 0.05) is 36.0 Å². The number of aromatic nitrogens is 1. The molecule has 2 nitrogen and oxygen atoms in total. The summed E-state index contributed by atoms with van der Waals surface area (Å²) < 4.78 is 0. The Bertz CT molecular complexity index is 332. The summed E-state index contributed by atoms with van der Waals surface area (Å²) in [6.45, 7) is 3.39. The zero-order valence-corrected chi connectivity index (χ0v) is 10.4. The molecule has 0 saturated carbocycles. The first-order chi connectivity index (χ1) is 7.31. The molecule has 0 radical (unpaired) electrons. The molecule has 0 aromatic carbocycles. The van der Waals surface area contributed by atoms with E-state index in [0.717, 1.165) is 12.2 Å². The van der Waals surface area contributed by atoms with E-state index < -0.39 is 0 Å². The van der Waals surface area contributed by atoms with Crippen LogP contribution in [0.2, 0.25) is 0 Å². The molecule has 1 aliphatic heterocycles. The minimum Gasteiger partial charge on any atom is -0.367 e. The molecule has 1 fully saturated rings. The van der Waals surface area contributed by atoms with Gasteiger partial charge in [-0.15, -0.1) is 11.6 Å². The third-order valence-electron chi connectivity index (χ3n) is 2.64. The van der Waals surface area contributed by atoms with Crippen LogP contribution in [0.15, 0.2) is 18.3 Å². The largest absolute Gasteiger partial charge is 0.367 e. The minimum atomic E-state index is 0.491. The van der Waals surface area contributed by atoms with Gasteiger partial charge < -0.3 is 4.90 Å². The second-order valence-corrected chi connectivity index (χ2v) is 5.17. The molecule has 4 heteroatoms. The maximum absolute atomic E-state index is 5.79. The third kappa shape index (κ3) is 2.58. The summed E-state index contributed by atoms with van der Waals surface area (Å²) in [7, 11) is 0. The van der Waals surface area contributed by atoms with E-state index in [1.165, 1.54) is 17.2 Å². The summed E-state index contributed by atoms with van der Waals surface area (Å²) in [4.78, 5) is 6.65. The molecule has 1 aromatic rings. The van der Waals surface area contributed by atoms with Crippen molar-refractivity contribution < 1.29 is 0 Å². The summed E-state index contributed by atoms with van der Waals surface area (Å²) in [5, 5.41) is 0. The first-order valence-electron chi connectivity index (χ1n) is 5.16. The highest BCUT2D eigenvalue weighted by molar-refractivity contribution is 7.99. The Balaban J connectivity index is 2.19. The van der Waals surface area contributed by atoms with Crippen molar-refractivity contribution in [2.75, 3.05) is 23.0 Å². The van der Waals surface area contributed by atoms with Gasteiger partial charge in [0.15, 0.2) is 0 Å². The average Bonchev–Trinajstić information content (AvgIpc) is 2.30. The molecular weight excluding hydrogens is 228 g/mol. The molecule has 2 rings (SSSR count). The molecule has 0 aliphatic carbocycles. The summed E-state index contributed by atoms with van der Waals surface area (Å²) >= 11 is 7.82. The molecule has 0 N–H and O–H groups in total. The molecule has 0 amide bonds. The Labute approximate surface area is 100 Å². The van der Waals surface area contributed by atoms with Crippen molar-refractivity contribution in [3.05, 3.63) is 24.0 Å². The van der Waals surface area contributed by atoms with Crippen molar-refractivity contribution >= 4 is 29.1 Å². The number of hydrogen-bond acceptors (Lipinski definition) is 3. The SMILES string of the molecule is CC1CSCCN1c1ccnc(CCl)c1. The van der Waals surface area contributed by atoms with Gasteiger partial charge >= 0.3 is 0 Å². The summed E-state index contributed by atoms with van der Waals surface area (Å²) in [5.74, 6) is 2.91. The van der Waals surface area contributed by atoms with Gasteiger partial charge in [0.1, 0.15) is 0 Å². The maximum Gasteiger partial charge on any atom is 0.0648 e. The number of hydrogen-bond donors (Lipinski definition) is 0. The highest BCUT2D eigenvalue weighted by Gasteiger charge is 2.18. The Morgan fingerprint density at radius 3 is 3.27 bits per heavy atom. The van der Waals surface area contributed by atoms with Crippen LogP contribution in [0.4, 0.5) is 5.69 Å². The van der Waals surface area contributed by atoms with E-state index in [4.69, 9.17) is 11.6 Å². The second-order valence-electron chi connectivity index (χ2n) is 3.76. The Hall–Kier alpha value is -0.410. The lowest BCUT2D eigenvalue weighted by Crippen LogP contribution is -2.40. The molecule has 1 unspecified atom stereocenters. The lowest BCUT2D eigenvalue weighted by atomic mass is 10.2. The number of anilines is 1. The van der Waals surface area contributed by atoms with Crippen molar-refractivity contribution in [2.24, 2.45) is 0 Å². The van der Waals surface area contributed by atoms with Gasteiger partial charge in [0.05, 0.1) is 11.6 Å². The minimum absolute atomic E-state index is 0.491. The van der Waals surface area contributed by atoms with Crippen LogP contribution in [0.5, 0.6) is 0 Å². The summed E-state index contributed by atoms with van der Waals surface area (Å²) in [5.41, 5.74) is 2.22. The smallest absolute Gasteiger partial charge is 0.0648 e. The monoisotopic (exact) mass is 242 g/mol. The lowest BCUT2D eigenvalue weighted by Gasteiger charge is -2.35. The first kappa shape index (κ1) is 11.1. The van der Waals surface area contributed by atoms with Gasteiger partial charge in [-0.1, -0.05) is 0 Å². The second kappa shape index (κ2) is 5.08. The van der Waals surface area contributed by atoms with Crippen LogP contribution in [0, 0.1) is 0 Å². The topological polar surface area (TPSA) is 16.1 Å². The average molecular weight is 243 g/mol. The molecule has 2 heterocycles. The summed E-state index contributed by atoms with van der Waals surface area (Å²) in [6, 6.07) is 4.77. The maximum atomic E-state index is 5.79. The molecule has 0 bridgehead atoms. The van der Waals surface area contributed by atoms with Crippen molar-refractivity contribution in [3.8, 4) is 0 Å². The van der Waals surface area contributed by atoms with Crippen LogP contribution in [-0.4, -0.2) is 29.1 Å². The number of thioether (sulfide) groups is 1. The van der Waals surface area contributed by atoms with Crippen LogP contribution in [-0.2, 0) is 5.88 Å². The zero-order valence-electron chi connectivity index (χ0n) is 8.82. The summed E-state index contributed by atoms with van der Waals surface area (Å²) in [6.07, 6.45) is 1.85. The van der Waals surface area contributed by atoms with Gasteiger partial charge in [0.25, 0.3) is 0 Å². The van der Waals surface area contributed by atoms with Crippen molar-refractivity contribution in [1.82, 2.24) is 4.98 Å². The van der Waals surface area contributed by atoms with Crippen LogP contribution in [0.1, 0.15) is 12.6 Å². The van der Waals surface area contributed by atoms with Crippen molar-refractivity contribution in [1.29, 1.82) is 0 Å². The molecule has 1 aliphatic rings. The van der Waals surface area contributed by atoms with Crippen LogP contribution >= 0.6 is 23.4 Å². The van der Waals surface area contributed by atoms with Gasteiger partial charge in [-0.2, -0.15) is 11.8 Å². The molecule has 1 aromatic heterocycles. The lowest BCUT2D eigenvalue weighted by molar-refractivity contribution is 0.699. The Kier molecular flexibility index (Phi) is 3.76. The van der Waals surface area contributed by atoms with E-state index >= 15 is 0 Å². The zero-order chi connectivity index (χ0) is 10.7. The van der Waals surface area contributed by atoms with Crippen LogP contribution in [0.25, 0.3) is 0 Å². The molecule has 82 valence electrons. The number of nitrogens with zero attached hydrogens (tertiary/aromatic N) is 2. The fourth-order valence-electron chi connectivity index (χ4n) is 1.83. The van der Waals surface area contributed by atoms with E-state index in [-0.39, 0.29) is 0 Å². The van der Waals surface area contributed by atoms with Crippen LogP contribution in [0.3, 0.4) is 0 Å². The van der Waals surface area contributed by atoms with E-state index in [9.17, 15) is 0 Å². The standard InChI is InChI=1S/C11H15ClN2S/c1-9-8-15-5-4-14(9)11-2-3-13-10(6-11)7-12/h2-3,6,9H,4-5,7-8H2,1H3. The van der Waals surface area contributed by atoms with E-state index in [2.05, 4.69) is 28.9 Å². The number of pyridine rings is 1. The molecule has 0 spiro atoms. The highest BCUT2D eigenvalue weighted by Crippen LogP contribution is 2.24. The predicted molar refractivity (Wildman–Crippen MR) is 67.9 cm³/mol. The quantitative estimate of drug-likeness (QED) is 0.742. The fraction of sp³-hybridized carbons (Fsp3) is 0.545. The van der Waals surface area contributed by atoms with Gasteiger partial charge in [-0.05, 0) is 19.1 Å². The molecule has 1 atom stereocenters. The van der Waals surface area contributed by atoms with E-state index in [1.807, 2.05) is 18.0 Å². The third-order valence-corrected chi connectivity index (χ3v) is 4.10. The number of halogens is 1. The normalized spacial score (nSPS) is 21.7. The van der Waals surface area contributed by atoms with Gasteiger partial charge in [-0.3, -0.25) is 4.98 Å². The van der Waals surface area contributed by atoms with Gasteiger partial charge in [-0.25, -0.2) is 0 Å². The molecule has 15 heavy (non-hydrogen) atoms. The Morgan fingerprint density at radius 1 is 1.67 bits per heavy atom.